The lowest BCUT2D eigenvalue weighted by atomic mass is 10.2. The largest absolute Gasteiger partial charge is 0.361 e. The number of quaternary nitrogens is 2. The normalized spacial score (nSPS) is 16.5. The zero-order valence-electron chi connectivity index (χ0n) is 15.7. The van der Waals surface area contributed by atoms with Crippen molar-refractivity contribution in [3.05, 3.63) is 52.1 Å². The number of carbonyl (C=O) groups excluding carboxylic acids is 1. The predicted molar refractivity (Wildman–Crippen MR) is 99.1 cm³/mol. The van der Waals surface area contributed by atoms with Gasteiger partial charge in [-0.05, 0) is 19.1 Å². The fourth-order valence-electron chi connectivity index (χ4n) is 3.44. The lowest BCUT2D eigenvalue weighted by Gasteiger charge is -2.32. The molecule has 6 nitrogen and oxygen atoms in total. The average molecular weight is 397 g/mol. The van der Waals surface area contributed by atoms with Gasteiger partial charge in [0.05, 0.1) is 43.8 Å². The second kappa shape index (κ2) is 8.82. The van der Waals surface area contributed by atoms with Gasteiger partial charge in [0.2, 0.25) is 0 Å². The third kappa shape index (κ3) is 5.28. The van der Waals surface area contributed by atoms with E-state index in [0.717, 1.165) is 49.1 Å². The third-order valence-electron chi connectivity index (χ3n) is 4.92. The Morgan fingerprint density at radius 3 is 2.78 bits per heavy atom. The zero-order chi connectivity index (χ0) is 19.4. The van der Waals surface area contributed by atoms with Crippen LogP contribution in [0.2, 0.25) is 5.02 Å². The highest BCUT2D eigenvalue weighted by atomic mass is 35.5. The first kappa shape index (κ1) is 19.8. The van der Waals surface area contributed by atoms with E-state index in [2.05, 4.69) is 5.16 Å². The molecule has 1 unspecified atom stereocenters. The highest BCUT2D eigenvalue weighted by Crippen LogP contribution is 2.17. The Hall–Kier alpha value is -1.96. The molecule has 8 heteroatoms. The minimum atomic E-state index is -0.324. The van der Waals surface area contributed by atoms with Gasteiger partial charge in [0, 0.05) is 6.07 Å². The molecule has 2 heterocycles. The molecule has 0 bridgehead atoms. The van der Waals surface area contributed by atoms with Crippen molar-refractivity contribution in [2.45, 2.75) is 20.0 Å². The van der Waals surface area contributed by atoms with Crippen LogP contribution in [0.3, 0.4) is 0 Å². The lowest BCUT2D eigenvalue weighted by molar-refractivity contribution is -0.918. The van der Waals surface area contributed by atoms with E-state index >= 15 is 0 Å². The SMILES string of the molecule is Cc1cc(C[NH+]2CCN(C(=O)C[NH+](C)Cc3c(F)cccc3Cl)CC2)no1. The number of piperazine rings is 1. The van der Waals surface area contributed by atoms with Crippen LogP contribution in [0.4, 0.5) is 4.39 Å². The monoisotopic (exact) mass is 396 g/mol. The number of amides is 1. The molecule has 1 aromatic heterocycles. The van der Waals surface area contributed by atoms with Crippen molar-refractivity contribution in [3.8, 4) is 0 Å². The second-order valence-corrected chi connectivity index (χ2v) is 7.65. The van der Waals surface area contributed by atoms with Crippen LogP contribution >= 0.6 is 11.6 Å². The summed E-state index contributed by atoms with van der Waals surface area (Å²) in [6.45, 7) is 6.62. The first-order valence-corrected chi connectivity index (χ1v) is 9.58. The van der Waals surface area contributed by atoms with Gasteiger partial charge >= 0.3 is 0 Å². The van der Waals surface area contributed by atoms with Gasteiger partial charge in [-0.1, -0.05) is 22.8 Å². The zero-order valence-corrected chi connectivity index (χ0v) is 16.5. The maximum absolute atomic E-state index is 13.9. The molecule has 1 aromatic carbocycles. The molecule has 0 saturated carbocycles. The molecule has 1 amide bonds. The molecular weight excluding hydrogens is 371 g/mol. The smallest absolute Gasteiger partial charge is 0.278 e. The van der Waals surface area contributed by atoms with Crippen LogP contribution in [-0.4, -0.2) is 55.7 Å². The molecule has 2 N–H and O–H groups in total. The number of halogens is 2. The maximum Gasteiger partial charge on any atom is 0.278 e. The van der Waals surface area contributed by atoms with Crippen molar-refractivity contribution in [2.75, 3.05) is 39.8 Å². The van der Waals surface area contributed by atoms with Gasteiger partial charge < -0.3 is 19.2 Å². The van der Waals surface area contributed by atoms with E-state index in [0.29, 0.717) is 23.7 Å². The fraction of sp³-hybridized carbons (Fsp3) is 0.474. The quantitative estimate of drug-likeness (QED) is 0.706. The molecule has 1 aliphatic rings. The van der Waals surface area contributed by atoms with Gasteiger partial charge in [-0.15, -0.1) is 0 Å². The lowest BCUT2D eigenvalue weighted by Crippen LogP contribution is -3.14. The summed E-state index contributed by atoms with van der Waals surface area (Å²) in [5.74, 6) is 0.588. The molecule has 1 saturated heterocycles. The molecule has 1 aliphatic heterocycles. The number of likely N-dealkylation sites (N-methyl/N-ethyl adjacent to an activating group) is 1. The van der Waals surface area contributed by atoms with Gasteiger partial charge in [0.1, 0.15) is 30.4 Å². The summed E-state index contributed by atoms with van der Waals surface area (Å²) in [6.07, 6.45) is 0. The molecule has 1 atom stereocenters. The van der Waals surface area contributed by atoms with E-state index in [9.17, 15) is 9.18 Å². The third-order valence-corrected chi connectivity index (χ3v) is 5.28. The Morgan fingerprint density at radius 1 is 1.41 bits per heavy atom. The second-order valence-electron chi connectivity index (χ2n) is 7.25. The first-order valence-electron chi connectivity index (χ1n) is 9.20. The molecule has 0 spiro atoms. The van der Waals surface area contributed by atoms with Gasteiger partial charge in [-0.25, -0.2) is 4.39 Å². The summed E-state index contributed by atoms with van der Waals surface area (Å²) >= 11 is 6.08. The van der Waals surface area contributed by atoms with Crippen molar-refractivity contribution in [2.24, 2.45) is 0 Å². The maximum atomic E-state index is 13.9. The molecule has 2 aromatic rings. The molecule has 27 heavy (non-hydrogen) atoms. The molecular formula is C19H26ClFN4O2+2. The number of aryl methyl sites for hydroxylation is 1. The number of hydrogen-bond donors (Lipinski definition) is 2. The highest BCUT2D eigenvalue weighted by Gasteiger charge is 2.26. The topological polar surface area (TPSA) is 55.2 Å². The minimum absolute atomic E-state index is 0.0938. The standard InChI is InChI=1S/C19H24ClFN4O2/c1-14-10-15(22-27-14)11-24-6-8-25(9-7-24)19(26)13-23(2)12-16-17(20)4-3-5-18(16)21/h3-5,10H,6-9,11-13H2,1-2H3/p+2. The number of benzene rings is 1. The first-order chi connectivity index (χ1) is 12.9. The Balaban J connectivity index is 1.46. The van der Waals surface area contributed by atoms with Crippen molar-refractivity contribution in [1.82, 2.24) is 10.1 Å². The van der Waals surface area contributed by atoms with Gasteiger partial charge in [-0.3, -0.25) is 4.79 Å². The van der Waals surface area contributed by atoms with E-state index in [1.54, 1.807) is 12.1 Å². The molecule has 0 aliphatic carbocycles. The Bertz CT molecular complexity index is 770. The Labute approximate surface area is 163 Å². The van der Waals surface area contributed by atoms with Crippen LogP contribution in [0.5, 0.6) is 0 Å². The Kier molecular flexibility index (Phi) is 6.46. The van der Waals surface area contributed by atoms with Crippen molar-refractivity contribution in [3.63, 3.8) is 0 Å². The summed E-state index contributed by atoms with van der Waals surface area (Å²) in [7, 11) is 1.88. The Morgan fingerprint density at radius 2 is 2.15 bits per heavy atom. The predicted octanol–water partition coefficient (Wildman–Crippen LogP) is -0.282. The summed E-state index contributed by atoms with van der Waals surface area (Å²) in [5, 5.41) is 4.44. The van der Waals surface area contributed by atoms with Gasteiger partial charge in [0.15, 0.2) is 6.54 Å². The van der Waals surface area contributed by atoms with Crippen LogP contribution in [0.15, 0.2) is 28.8 Å². The highest BCUT2D eigenvalue weighted by molar-refractivity contribution is 6.31. The number of nitrogens with zero attached hydrogens (tertiary/aromatic N) is 2. The van der Waals surface area contributed by atoms with Crippen LogP contribution < -0.4 is 9.80 Å². The van der Waals surface area contributed by atoms with Crippen molar-refractivity contribution in [1.29, 1.82) is 0 Å². The number of nitrogens with one attached hydrogen (secondary N) is 2. The molecule has 0 radical (unpaired) electrons. The van der Waals surface area contributed by atoms with E-state index in [-0.39, 0.29) is 11.7 Å². The number of rotatable bonds is 6. The van der Waals surface area contributed by atoms with E-state index in [1.807, 2.05) is 24.9 Å². The number of hydrogen-bond acceptors (Lipinski definition) is 3. The van der Waals surface area contributed by atoms with E-state index in [1.165, 1.54) is 11.0 Å². The molecule has 3 rings (SSSR count). The van der Waals surface area contributed by atoms with Gasteiger partial charge in [0.25, 0.3) is 5.91 Å². The van der Waals surface area contributed by atoms with Crippen molar-refractivity contribution >= 4 is 17.5 Å². The number of aromatic nitrogens is 1. The summed E-state index contributed by atoms with van der Waals surface area (Å²) in [5.41, 5.74) is 1.41. The molecule has 146 valence electrons. The van der Waals surface area contributed by atoms with E-state index < -0.39 is 0 Å². The van der Waals surface area contributed by atoms with Crippen molar-refractivity contribution < 1.29 is 23.5 Å². The summed E-state index contributed by atoms with van der Waals surface area (Å²) < 4.78 is 19.0. The van der Waals surface area contributed by atoms with Crippen LogP contribution in [0, 0.1) is 12.7 Å². The van der Waals surface area contributed by atoms with Crippen LogP contribution in [0.1, 0.15) is 17.0 Å². The summed E-state index contributed by atoms with van der Waals surface area (Å²) in [6, 6.07) is 6.61. The number of carbonyl (C=O) groups is 1. The van der Waals surface area contributed by atoms with Gasteiger partial charge in [-0.2, -0.15) is 0 Å². The summed E-state index contributed by atoms with van der Waals surface area (Å²) in [4.78, 5) is 16.8. The average Bonchev–Trinajstić information content (AvgIpc) is 3.03. The fourth-order valence-corrected chi connectivity index (χ4v) is 3.67. The minimum Gasteiger partial charge on any atom is -0.361 e. The van der Waals surface area contributed by atoms with E-state index in [4.69, 9.17) is 16.1 Å². The van der Waals surface area contributed by atoms with Crippen LogP contribution in [0.25, 0.3) is 0 Å². The molecule has 1 fully saturated rings. The van der Waals surface area contributed by atoms with Crippen LogP contribution in [-0.2, 0) is 17.9 Å².